The third-order valence-electron chi connectivity index (χ3n) is 4.44. The highest BCUT2D eigenvalue weighted by atomic mass is 79.9. The van der Waals surface area contributed by atoms with E-state index < -0.39 is 0 Å². The van der Waals surface area contributed by atoms with Crippen LogP contribution in [0.2, 0.25) is 0 Å². The van der Waals surface area contributed by atoms with Crippen LogP contribution in [0, 0.1) is 5.92 Å². The Morgan fingerprint density at radius 2 is 1.89 bits per heavy atom. The van der Waals surface area contributed by atoms with Crippen LogP contribution in [0.15, 0.2) is 28.7 Å². The van der Waals surface area contributed by atoms with Crippen molar-refractivity contribution in [2.75, 3.05) is 13.6 Å². The second kappa shape index (κ2) is 6.38. The van der Waals surface area contributed by atoms with E-state index in [2.05, 4.69) is 78.2 Å². The quantitative estimate of drug-likeness (QED) is 0.909. The summed E-state index contributed by atoms with van der Waals surface area (Å²) in [6.07, 6.45) is 1.23. The molecule has 0 aliphatic carbocycles. The highest BCUT2D eigenvalue weighted by Gasteiger charge is 2.29. The lowest BCUT2D eigenvalue weighted by atomic mass is 9.89. The van der Waals surface area contributed by atoms with E-state index in [1.807, 2.05) is 0 Å². The molecule has 2 nitrogen and oxygen atoms in total. The van der Waals surface area contributed by atoms with Gasteiger partial charge in [0.2, 0.25) is 0 Å². The fourth-order valence-corrected chi connectivity index (χ4v) is 3.21. The van der Waals surface area contributed by atoms with Gasteiger partial charge in [-0.05, 0) is 50.9 Å². The first kappa shape index (κ1) is 15.0. The Labute approximate surface area is 125 Å². The maximum Gasteiger partial charge on any atom is 0.0294 e. The molecular weight excluding hydrogens is 300 g/mol. The molecule has 4 atom stereocenters. The topological polar surface area (TPSA) is 15.3 Å². The summed E-state index contributed by atoms with van der Waals surface area (Å²) in [4.78, 5) is 2.47. The van der Waals surface area contributed by atoms with E-state index in [1.54, 1.807) is 0 Å². The van der Waals surface area contributed by atoms with E-state index >= 15 is 0 Å². The van der Waals surface area contributed by atoms with Gasteiger partial charge >= 0.3 is 0 Å². The molecule has 0 bridgehead atoms. The van der Waals surface area contributed by atoms with Gasteiger partial charge in [0.15, 0.2) is 0 Å². The zero-order valence-corrected chi connectivity index (χ0v) is 13.9. The number of likely N-dealkylation sites (tertiary alicyclic amines) is 1. The molecule has 1 aliphatic rings. The number of rotatable bonds is 3. The van der Waals surface area contributed by atoms with Gasteiger partial charge < -0.3 is 10.2 Å². The minimum absolute atomic E-state index is 0.413. The van der Waals surface area contributed by atoms with Crippen molar-refractivity contribution in [2.24, 2.45) is 5.92 Å². The van der Waals surface area contributed by atoms with Crippen molar-refractivity contribution < 1.29 is 0 Å². The Kier molecular flexibility index (Phi) is 5.04. The van der Waals surface area contributed by atoms with Crippen LogP contribution in [-0.2, 0) is 0 Å². The lowest BCUT2D eigenvalue weighted by Gasteiger charge is -2.41. The summed E-state index contributed by atoms with van der Waals surface area (Å²) >= 11 is 3.49. The molecule has 1 fully saturated rings. The van der Waals surface area contributed by atoms with Crippen molar-refractivity contribution >= 4 is 15.9 Å². The average Bonchev–Trinajstić information content (AvgIpc) is 2.36. The van der Waals surface area contributed by atoms with Crippen molar-refractivity contribution in [3.63, 3.8) is 0 Å². The summed E-state index contributed by atoms with van der Waals surface area (Å²) in [5.41, 5.74) is 1.36. The Morgan fingerprint density at radius 1 is 1.26 bits per heavy atom. The van der Waals surface area contributed by atoms with Gasteiger partial charge in [0, 0.05) is 29.1 Å². The molecule has 4 unspecified atom stereocenters. The van der Waals surface area contributed by atoms with Gasteiger partial charge in [-0.2, -0.15) is 0 Å². The second-order valence-electron chi connectivity index (χ2n) is 6.05. The predicted octanol–water partition coefficient (Wildman–Crippen LogP) is 3.83. The van der Waals surface area contributed by atoms with Crippen molar-refractivity contribution in [2.45, 2.75) is 45.3 Å². The molecule has 1 aliphatic heterocycles. The largest absolute Gasteiger partial charge is 0.307 e. The SMILES string of the molecule is CC(NC1CC(C)N(C)CC1C)c1ccc(Br)cc1. The molecule has 0 aromatic heterocycles. The first-order valence-electron chi connectivity index (χ1n) is 7.19. The van der Waals surface area contributed by atoms with Crippen LogP contribution >= 0.6 is 15.9 Å². The van der Waals surface area contributed by atoms with Gasteiger partial charge in [-0.3, -0.25) is 0 Å². The lowest BCUT2D eigenvalue weighted by Crippen LogP contribution is -2.51. The molecule has 1 heterocycles. The monoisotopic (exact) mass is 324 g/mol. The third kappa shape index (κ3) is 3.80. The first-order valence-corrected chi connectivity index (χ1v) is 7.98. The van der Waals surface area contributed by atoms with Crippen LogP contribution in [-0.4, -0.2) is 30.6 Å². The molecule has 19 heavy (non-hydrogen) atoms. The minimum atomic E-state index is 0.413. The maximum atomic E-state index is 3.81. The summed E-state index contributed by atoms with van der Waals surface area (Å²) in [5, 5.41) is 3.81. The van der Waals surface area contributed by atoms with Crippen molar-refractivity contribution in [3.8, 4) is 0 Å². The molecular formula is C16H25BrN2. The summed E-state index contributed by atoms with van der Waals surface area (Å²) in [5.74, 6) is 0.707. The van der Waals surface area contributed by atoms with E-state index in [0.717, 1.165) is 4.47 Å². The molecule has 1 saturated heterocycles. The zero-order valence-electron chi connectivity index (χ0n) is 12.4. The minimum Gasteiger partial charge on any atom is -0.307 e. The molecule has 0 saturated carbocycles. The number of hydrogen-bond donors (Lipinski definition) is 1. The van der Waals surface area contributed by atoms with Crippen LogP contribution in [0.4, 0.5) is 0 Å². The zero-order chi connectivity index (χ0) is 14.0. The smallest absolute Gasteiger partial charge is 0.0294 e. The molecule has 1 N–H and O–H groups in total. The summed E-state index contributed by atoms with van der Waals surface area (Å²) < 4.78 is 1.14. The van der Waals surface area contributed by atoms with Gasteiger partial charge in [0.25, 0.3) is 0 Å². The van der Waals surface area contributed by atoms with Crippen LogP contribution < -0.4 is 5.32 Å². The molecule has 3 heteroatoms. The fraction of sp³-hybridized carbons (Fsp3) is 0.625. The number of nitrogens with one attached hydrogen (secondary N) is 1. The Morgan fingerprint density at radius 3 is 2.53 bits per heavy atom. The maximum absolute atomic E-state index is 3.81. The number of piperidine rings is 1. The lowest BCUT2D eigenvalue weighted by molar-refractivity contribution is 0.116. The highest BCUT2D eigenvalue weighted by Crippen LogP contribution is 2.24. The molecule has 106 valence electrons. The average molecular weight is 325 g/mol. The number of hydrogen-bond acceptors (Lipinski definition) is 2. The van der Waals surface area contributed by atoms with E-state index in [1.165, 1.54) is 18.5 Å². The first-order chi connectivity index (χ1) is 8.97. The van der Waals surface area contributed by atoms with E-state index in [4.69, 9.17) is 0 Å². The van der Waals surface area contributed by atoms with Crippen molar-refractivity contribution in [3.05, 3.63) is 34.3 Å². The third-order valence-corrected chi connectivity index (χ3v) is 4.97. The molecule has 1 aromatic carbocycles. The standard InChI is InChI=1S/C16H25BrN2/c1-11-10-19(4)12(2)9-16(11)18-13(3)14-5-7-15(17)8-6-14/h5-8,11-13,16,18H,9-10H2,1-4H3. The number of nitrogens with zero attached hydrogens (tertiary/aromatic N) is 1. The summed E-state index contributed by atoms with van der Waals surface area (Å²) in [7, 11) is 2.23. The molecule has 1 aromatic rings. The molecule has 0 amide bonds. The Balaban J connectivity index is 1.98. The number of halogens is 1. The van der Waals surface area contributed by atoms with Crippen molar-refractivity contribution in [1.82, 2.24) is 10.2 Å². The Bertz CT molecular complexity index is 404. The van der Waals surface area contributed by atoms with Gasteiger partial charge in [0.05, 0.1) is 0 Å². The molecule has 2 rings (SSSR count). The van der Waals surface area contributed by atoms with Gasteiger partial charge in [-0.15, -0.1) is 0 Å². The van der Waals surface area contributed by atoms with Crippen LogP contribution in [0.5, 0.6) is 0 Å². The van der Waals surface area contributed by atoms with E-state index in [9.17, 15) is 0 Å². The van der Waals surface area contributed by atoms with Crippen LogP contribution in [0.3, 0.4) is 0 Å². The fourth-order valence-electron chi connectivity index (χ4n) is 2.94. The molecule has 0 spiro atoms. The van der Waals surface area contributed by atoms with Gasteiger partial charge in [-0.1, -0.05) is 35.0 Å². The van der Waals surface area contributed by atoms with Crippen molar-refractivity contribution in [1.29, 1.82) is 0 Å². The van der Waals surface area contributed by atoms with Crippen LogP contribution in [0.25, 0.3) is 0 Å². The van der Waals surface area contributed by atoms with E-state index in [0.29, 0.717) is 24.0 Å². The predicted molar refractivity (Wildman–Crippen MR) is 85.4 cm³/mol. The Hall–Kier alpha value is -0.380. The molecule has 0 radical (unpaired) electrons. The van der Waals surface area contributed by atoms with E-state index in [-0.39, 0.29) is 0 Å². The summed E-state index contributed by atoms with van der Waals surface area (Å²) in [6, 6.07) is 10.3. The number of benzene rings is 1. The van der Waals surface area contributed by atoms with Gasteiger partial charge in [-0.25, -0.2) is 0 Å². The van der Waals surface area contributed by atoms with Gasteiger partial charge in [0.1, 0.15) is 0 Å². The highest BCUT2D eigenvalue weighted by molar-refractivity contribution is 9.10. The second-order valence-corrected chi connectivity index (χ2v) is 6.96. The normalized spacial score (nSPS) is 30.3. The van der Waals surface area contributed by atoms with Crippen LogP contribution in [0.1, 0.15) is 38.8 Å². The summed E-state index contributed by atoms with van der Waals surface area (Å²) in [6.45, 7) is 8.13.